The summed E-state index contributed by atoms with van der Waals surface area (Å²) in [7, 11) is 0. The van der Waals surface area contributed by atoms with E-state index in [4.69, 9.17) is 9.52 Å². The highest BCUT2D eigenvalue weighted by Gasteiger charge is 2.34. The summed E-state index contributed by atoms with van der Waals surface area (Å²) in [6.45, 7) is 2.11. The lowest BCUT2D eigenvalue weighted by atomic mass is 10.2. The van der Waals surface area contributed by atoms with E-state index >= 15 is 0 Å². The first kappa shape index (κ1) is 15.7. The van der Waals surface area contributed by atoms with Crippen LogP contribution in [0.15, 0.2) is 45.9 Å². The van der Waals surface area contributed by atoms with Crippen molar-refractivity contribution in [3.8, 4) is 0 Å². The molecule has 1 aliphatic rings. The summed E-state index contributed by atoms with van der Waals surface area (Å²) in [5.41, 5.74) is 0.770. The van der Waals surface area contributed by atoms with Crippen LogP contribution in [0.25, 0.3) is 0 Å². The molecule has 6 heteroatoms. The van der Waals surface area contributed by atoms with Crippen LogP contribution in [0.3, 0.4) is 0 Å². The molecule has 0 spiro atoms. The number of aromatic carboxylic acids is 1. The van der Waals surface area contributed by atoms with Crippen molar-refractivity contribution in [2.45, 2.75) is 30.0 Å². The SMILES string of the molecule is CC1CC1NC(=O)c1ccccc1SCc1occc1C(=O)O. The standard InChI is InChI=1S/C17H17NO4S/c1-10-8-13(10)18-16(19)12-4-2-3-5-15(12)23-9-14-11(17(20)21)6-7-22-14/h2-7,10,13H,8-9H2,1H3,(H,18,19)(H,20,21). The minimum absolute atomic E-state index is 0.0830. The normalized spacial score (nSPS) is 19.3. The molecule has 1 aliphatic carbocycles. The zero-order valence-corrected chi connectivity index (χ0v) is 13.4. The minimum Gasteiger partial charge on any atom is -0.478 e. The number of thioether (sulfide) groups is 1. The molecule has 0 bridgehead atoms. The van der Waals surface area contributed by atoms with Gasteiger partial charge in [0.2, 0.25) is 0 Å². The molecule has 1 aromatic heterocycles. The average Bonchev–Trinajstić information content (AvgIpc) is 3.02. The van der Waals surface area contributed by atoms with Crippen LogP contribution in [0, 0.1) is 5.92 Å². The van der Waals surface area contributed by atoms with E-state index in [9.17, 15) is 9.59 Å². The molecule has 2 unspecified atom stereocenters. The zero-order chi connectivity index (χ0) is 16.4. The number of nitrogens with one attached hydrogen (secondary N) is 1. The van der Waals surface area contributed by atoms with Gasteiger partial charge in [0.05, 0.1) is 17.6 Å². The molecule has 0 radical (unpaired) electrons. The molecule has 1 fully saturated rings. The van der Waals surface area contributed by atoms with Gasteiger partial charge in [0.1, 0.15) is 11.3 Å². The molecule has 1 amide bonds. The second kappa shape index (κ2) is 6.50. The van der Waals surface area contributed by atoms with Gasteiger partial charge in [0.25, 0.3) is 5.91 Å². The highest BCUT2D eigenvalue weighted by atomic mass is 32.2. The van der Waals surface area contributed by atoms with Crippen LogP contribution in [-0.2, 0) is 5.75 Å². The van der Waals surface area contributed by atoms with E-state index in [0.717, 1.165) is 11.3 Å². The summed E-state index contributed by atoms with van der Waals surface area (Å²) >= 11 is 1.40. The molecule has 120 valence electrons. The van der Waals surface area contributed by atoms with Crippen LogP contribution in [-0.4, -0.2) is 23.0 Å². The van der Waals surface area contributed by atoms with E-state index in [1.807, 2.05) is 18.2 Å². The van der Waals surface area contributed by atoms with Crippen molar-refractivity contribution in [2.24, 2.45) is 5.92 Å². The van der Waals surface area contributed by atoms with Gasteiger partial charge in [-0.25, -0.2) is 4.79 Å². The maximum Gasteiger partial charge on any atom is 0.339 e. The molecule has 5 nitrogen and oxygen atoms in total. The van der Waals surface area contributed by atoms with Crippen LogP contribution in [0.1, 0.15) is 39.8 Å². The van der Waals surface area contributed by atoms with Crippen molar-refractivity contribution in [1.29, 1.82) is 0 Å². The third-order valence-electron chi connectivity index (χ3n) is 3.89. The Morgan fingerprint density at radius 3 is 2.74 bits per heavy atom. The second-order valence-electron chi connectivity index (χ2n) is 5.64. The third-order valence-corrected chi connectivity index (χ3v) is 4.97. The third kappa shape index (κ3) is 3.59. The van der Waals surface area contributed by atoms with Gasteiger partial charge in [-0.05, 0) is 30.5 Å². The fourth-order valence-electron chi connectivity index (χ4n) is 2.34. The van der Waals surface area contributed by atoms with Crippen molar-refractivity contribution in [2.75, 3.05) is 0 Å². The Morgan fingerprint density at radius 2 is 2.04 bits per heavy atom. The molecule has 1 heterocycles. The Labute approximate surface area is 138 Å². The van der Waals surface area contributed by atoms with E-state index in [1.54, 1.807) is 6.07 Å². The van der Waals surface area contributed by atoms with Gasteiger partial charge in [-0.1, -0.05) is 19.1 Å². The highest BCUT2D eigenvalue weighted by molar-refractivity contribution is 7.98. The van der Waals surface area contributed by atoms with Gasteiger partial charge in [0, 0.05) is 10.9 Å². The van der Waals surface area contributed by atoms with E-state index < -0.39 is 5.97 Å². The fourth-order valence-corrected chi connectivity index (χ4v) is 3.34. The summed E-state index contributed by atoms with van der Waals surface area (Å²) in [4.78, 5) is 24.3. The number of carboxylic acid groups (broad SMARTS) is 1. The van der Waals surface area contributed by atoms with Gasteiger partial charge in [-0.15, -0.1) is 11.8 Å². The van der Waals surface area contributed by atoms with Gasteiger partial charge < -0.3 is 14.8 Å². The van der Waals surface area contributed by atoms with Gasteiger partial charge >= 0.3 is 5.97 Å². The predicted molar refractivity (Wildman–Crippen MR) is 86.7 cm³/mol. The van der Waals surface area contributed by atoms with Crippen LogP contribution in [0.2, 0.25) is 0 Å². The zero-order valence-electron chi connectivity index (χ0n) is 12.6. The van der Waals surface area contributed by atoms with Gasteiger partial charge in [0.15, 0.2) is 0 Å². The lowest BCUT2D eigenvalue weighted by Gasteiger charge is -2.09. The van der Waals surface area contributed by atoms with Crippen molar-refractivity contribution in [1.82, 2.24) is 5.32 Å². The van der Waals surface area contributed by atoms with Crippen LogP contribution >= 0.6 is 11.8 Å². The number of hydrogen-bond acceptors (Lipinski definition) is 4. The Bertz CT molecular complexity index is 740. The van der Waals surface area contributed by atoms with Crippen molar-refractivity contribution in [3.63, 3.8) is 0 Å². The van der Waals surface area contributed by atoms with E-state index in [0.29, 0.717) is 23.0 Å². The average molecular weight is 331 g/mol. The number of rotatable bonds is 6. The summed E-state index contributed by atoms with van der Waals surface area (Å²) in [5, 5.41) is 12.1. The van der Waals surface area contributed by atoms with Crippen molar-refractivity contribution < 1.29 is 19.1 Å². The van der Waals surface area contributed by atoms with Crippen LogP contribution in [0.5, 0.6) is 0 Å². The molecule has 23 heavy (non-hydrogen) atoms. The first-order valence-corrected chi connectivity index (χ1v) is 8.37. The van der Waals surface area contributed by atoms with Gasteiger partial charge in [-0.2, -0.15) is 0 Å². The molecule has 1 aromatic carbocycles. The predicted octanol–water partition coefficient (Wildman–Crippen LogP) is 3.41. The molecular formula is C17H17NO4S. The molecule has 3 rings (SSSR count). The number of furan rings is 1. The van der Waals surface area contributed by atoms with Gasteiger partial charge in [-0.3, -0.25) is 4.79 Å². The molecule has 2 aromatic rings. The minimum atomic E-state index is -1.01. The summed E-state index contributed by atoms with van der Waals surface area (Å²) in [5.74, 6) is 0.204. The Hall–Kier alpha value is -2.21. The van der Waals surface area contributed by atoms with E-state index in [-0.39, 0.29) is 17.5 Å². The highest BCUT2D eigenvalue weighted by Crippen LogP contribution is 2.31. The Kier molecular flexibility index (Phi) is 4.43. The number of carbonyl (C=O) groups excluding carboxylic acids is 1. The maximum absolute atomic E-state index is 12.4. The van der Waals surface area contributed by atoms with Crippen LogP contribution < -0.4 is 5.32 Å². The summed E-state index contributed by atoms with van der Waals surface area (Å²) in [6.07, 6.45) is 2.39. The quantitative estimate of drug-likeness (QED) is 0.793. The topological polar surface area (TPSA) is 79.5 Å². The number of carboxylic acids is 1. The number of benzene rings is 1. The van der Waals surface area contributed by atoms with Crippen LogP contribution in [0.4, 0.5) is 0 Å². The second-order valence-corrected chi connectivity index (χ2v) is 6.66. The fraction of sp³-hybridized carbons (Fsp3) is 0.294. The maximum atomic E-state index is 12.4. The van der Waals surface area contributed by atoms with E-state index in [1.165, 1.54) is 24.1 Å². The number of carbonyl (C=O) groups is 2. The molecule has 1 saturated carbocycles. The van der Waals surface area contributed by atoms with Crippen molar-refractivity contribution >= 4 is 23.6 Å². The Balaban J connectivity index is 1.71. The number of hydrogen-bond donors (Lipinski definition) is 2. The van der Waals surface area contributed by atoms with Crippen molar-refractivity contribution in [3.05, 3.63) is 53.5 Å². The van der Waals surface area contributed by atoms with E-state index in [2.05, 4.69) is 12.2 Å². The smallest absolute Gasteiger partial charge is 0.339 e. The number of amides is 1. The first-order chi connectivity index (χ1) is 11.1. The lowest BCUT2D eigenvalue weighted by molar-refractivity contribution is 0.0694. The summed E-state index contributed by atoms with van der Waals surface area (Å²) < 4.78 is 5.23. The first-order valence-electron chi connectivity index (χ1n) is 7.38. The monoisotopic (exact) mass is 331 g/mol. The molecule has 0 aliphatic heterocycles. The molecule has 2 N–H and O–H groups in total. The largest absolute Gasteiger partial charge is 0.478 e. The lowest BCUT2D eigenvalue weighted by Crippen LogP contribution is -2.26. The molecule has 2 atom stereocenters. The molecule has 0 saturated heterocycles. The molecular weight excluding hydrogens is 314 g/mol. The summed E-state index contributed by atoms with van der Waals surface area (Å²) in [6, 6.07) is 9.03. The Morgan fingerprint density at radius 1 is 1.30 bits per heavy atom.